The molecule has 2 aromatic carbocycles. The summed E-state index contributed by atoms with van der Waals surface area (Å²) in [6, 6.07) is 9.96. The van der Waals surface area contributed by atoms with Gasteiger partial charge in [0, 0.05) is 11.7 Å². The van der Waals surface area contributed by atoms with Crippen molar-refractivity contribution < 1.29 is 21.6 Å². The minimum Gasteiger partial charge on any atom is -0.496 e. The molecule has 3 rings (SSSR count). The Morgan fingerprint density at radius 2 is 1.58 bits per heavy atom. The van der Waals surface area contributed by atoms with Crippen molar-refractivity contribution in [3.05, 3.63) is 46.9 Å². The fraction of sp³-hybridized carbons (Fsp3) is 0.250. The van der Waals surface area contributed by atoms with Crippen molar-refractivity contribution in [3.8, 4) is 5.75 Å². The molecule has 7 nitrogen and oxygen atoms in total. The Balaban J connectivity index is 1.78. The van der Waals surface area contributed by atoms with Gasteiger partial charge in [0.25, 0.3) is 10.0 Å². The van der Waals surface area contributed by atoms with Gasteiger partial charge in [-0.15, -0.1) is 0 Å². The molecule has 0 atom stereocenters. The smallest absolute Gasteiger partial charge is 0.261 e. The van der Waals surface area contributed by atoms with Gasteiger partial charge in [0.15, 0.2) is 0 Å². The van der Waals surface area contributed by atoms with Gasteiger partial charge in [0.2, 0.25) is 10.0 Å². The zero-order valence-corrected chi connectivity index (χ0v) is 17.0. The number of rotatable bonds is 7. The molecule has 0 aromatic heterocycles. The molecule has 0 unspecified atom stereocenters. The molecule has 0 radical (unpaired) electrons. The number of benzene rings is 2. The third-order valence-electron chi connectivity index (χ3n) is 3.75. The fourth-order valence-electron chi connectivity index (χ4n) is 2.22. The second-order valence-electron chi connectivity index (χ2n) is 5.82. The molecule has 26 heavy (non-hydrogen) atoms. The van der Waals surface area contributed by atoms with Gasteiger partial charge in [-0.2, -0.15) is 0 Å². The number of hydrogen-bond donors (Lipinski definition) is 2. The predicted molar refractivity (Wildman–Crippen MR) is 101 cm³/mol. The summed E-state index contributed by atoms with van der Waals surface area (Å²) in [5.74, 6) is 0.515. The monoisotopic (exact) mass is 460 g/mol. The Bertz CT molecular complexity index is 1020. The first-order valence-corrected chi connectivity index (χ1v) is 11.5. The summed E-state index contributed by atoms with van der Waals surface area (Å²) < 4.78 is 59.8. The lowest BCUT2D eigenvalue weighted by atomic mass is 10.3. The van der Waals surface area contributed by atoms with Gasteiger partial charge >= 0.3 is 0 Å². The van der Waals surface area contributed by atoms with E-state index in [0.29, 0.717) is 10.2 Å². The highest BCUT2D eigenvalue weighted by Crippen LogP contribution is 2.28. The van der Waals surface area contributed by atoms with Crippen molar-refractivity contribution in [1.82, 2.24) is 4.72 Å². The van der Waals surface area contributed by atoms with Crippen LogP contribution in [0.5, 0.6) is 5.75 Å². The lowest BCUT2D eigenvalue weighted by Gasteiger charge is -2.11. The third-order valence-corrected chi connectivity index (χ3v) is 7.28. The van der Waals surface area contributed by atoms with Crippen molar-refractivity contribution in [1.29, 1.82) is 0 Å². The summed E-state index contributed by atoms with van der Waals surface area (Å²) in [5.41, 5.74) is 0.266. The highest BCUT2D eigenvalue weighted by molar-refractivity contribution is 9.10. The van der Waals surface area contributed by atoms with E-state index < -0.39 is 20.0 Å². The molecule has 1 aliphatic rings. The first-order valence-electron chi connectivity index (χ1n) is 7.70. The van der Waals surface area contributed by atoms with Crippen LogP contribution in [0.2, 0.25) is 0 Å². The maximum Gasteiger partial charge on any atom is 0.261 e. The van der Waals surface area contributed by atoms with Crippen LogP contribution < -0.4 is 14.2 Å². The number of ether oxygens (including phenoxy) is 1. The maximum atomic E-state index is 12.5. The highest BCUT2D eigenvalue weighted by Gasteiger charge is 2.28. The van der Waals surface area contributed by atoms with Crippen LogP contribution in [0.4, 0.5) is 5.69 Å². The van der Waals surface area contributed by atoms with Crippen molar-refractivity contribution in [2.24, 2.45) is 0 Å². The van der Waals surface area contributed by atoms with E-state index in [4.69, 9.17) is 4.74 Å². The molecule has 0 heterocycles. The second kappa shape index (κ2) is 7.18. The van der Waals surface area contributed by atoms with Crippen LogP contribution in [0.3, 0.4) is 0 Å². The highest BCUT2D eigenvalue weighted by atomic mass is 79.9. The molecular formula is C16H17BrN2O5S2. The standard InChI is InChI=1S/C16H17BrN2O5S2/c1-24-16-9-8-14(10-15(16)17)26(22,23)19-12-4-6-13(7-5-12)25(20,21)18-11-2-3-11/h4-11,18-19H,2-3H2,1H3. The minimum absolute atomic E-state index is 0.00620. The largest absolute Gasteiger partial charge is 0.496 e. The third kappa shape index (κ3) is 4.37. The van der Waals surface area contributed by atoms with Crippen molar-refractivity contribution >= 4 is 41.7 Å². The Morgan fingerprint density at radius 3 is 2.12 bits per heavy atom. The van der Waals surface area contributed by atoms with Gasteiger partial charge in [-0.3, -0.25) is 4.72 Å². The number of nitrogens with one attached hydrogen (secondary N) is 2. The van der Waals surface area contributed by atoms with Gasteiger partial charge in [0.1, 0.15) is 5.75 Å². The molecular weight excluding hydrogens is 444 g/mol. The first-order chi connectivity index (χ1) is 12.2. The van der Waals surface area contributed by atoms with Gasteiger partial charge < -0.3 is 4.74 Å². The quantitative estimate of drug-likeness (QED) is 0.661. The molecule has 2 aromatic rings. The number of halogens is 1. The van der Waals surface area contributed by atoms with Crippen molar-refractivity contribution in [2.45, 2.75) is 28.7 Å². The van der Waals surface area contributed by atoms with Crippen LogP contribution in [0.25, 0.3) is 0 Å². The summed E-state index contributed by atoms with van der Waals surface area (Å²) >= 11 is 3.25. The van der Waals surface area contributed by atoms with Gasteiger partial charge in [-0.1, -0.05) is 0 Å². The Labute approximate surface area is 161 Å². The van der Waals surface area contributed by atoms with E-state index in [1.54, 1.807) is 0 Å². The molecule has 140 valence electrons. The van der Waals surface area contributed by atoms with E-state index in [0.717, 1.165) is 12.8 Å². The molecule has 1 saturated carbocycles. The van der Waals surface area contributed by atoms with Gasteiger partial charge in [-0.05, 0) is 71.2 Å². The number of methoxy groups -OCH3 is 1. The Kier molecular flexibility index (Phi) is 5.29. The summed E-state index contributed by atoms with van der Waals surface area (Å²) in [5, 5.41) is 0. The van der Waals surface area contributed by atoms with E-state index in [1.807, 2.05) is 0 Å². The minimum atomic E-state index is -3.82. The van der Waals surface area contributed by atoms with Crippen molar-refractivity contribution in [2.75, 3.05) is 11.8 Å². The molecule has 0 amide bonds. The number of anilines is 1. The molecule has 0 spiro atoms. The van der Waals surface area contributed by atoms with E-state index in [9.17, 15) is 16.8 Å². The zero-order valence-electron chi connectivity index (χ0n) is 13.8. The average Bonchev–Trinajstić information content (AvgIpc) is 3.38. The van der Waals surface area contributed by atoms with Crippen LogP contribution >= 0.6 is 15.9 Å². The van der Waals surface area contributed by atoms with Crippen LogP contribution in [-0.2, 0) is 20.0 Å². The van der Waals surface area contributed by atoms with E-state index in [-0.39, 0.29) is 21.5 Å². The SMILES string of the molecule is COc1ccc(S(=O)(=O)Nc2ccc(S(=O)(=O)NC3CC3)cc2)cc1Br. The summed E-state index contributed by atoms with van der Waals surface area (Å²) in [7, 11) is -5.90. The van der Waals surface area contributed by atoms with E-state index >= 15 is 0 Å². The zero-order chi connectivity index (χ0) is 18.9. The second-order valence-corrected chi connectivity index (χ2v) is 10.1. The van der Waals surface area contributed by atoms with E-state index in [1.165, 1.54) is 49.6 Å². The number of hydrogen-bond acceptors (Lipinski definition) is 5. The summed E-state index contributed by atoms with van der Waals surface area (Å²) in [6.45, 7) is 0. The lowest BCUT2D eigenvalue weighted by molar-refractivity contribution is 0.411. The van der Waals surface area contributed by atoms with Crippen LogP contribution in [0.1, 0.15) is 12.8 Å². The van der Waals surface area contributed by atoms with Gasteiger partial charge in [0.05, 0.1) is 21.4 Å². The first kappa shape index (κ1) is 19.2. The Hall–Kier alpha value is -1.62. The molecule has 1 aliphatic carbocycles. The fourth-order valence-corrected chi connectivity index (χ4v) is 5.30. The summed E-state index contributed by atoms with van der Waals surface area (Å²) in [6.07, 6.45) is 1.68. The number of sulfonamides is 2. The normalized spacial score (nSPS) is 14.8. The van der Waals surface area contributed by atoms with Crippen LogP contribution in [-0.4, -0.2) is 30.0 Å². The van der Waals surface area contributed by atoms with E-state index in [2.05, 4.69) is 25.4 Å². The molecule has 1 fully saturated rings. The Morgan fingerprint density at radius 1 is 0.962 bits per heavy atom. The van der Waals surface area contributed by atoms with Gasteiger partial charge in [-0.25, -0.2) is 21.6 Å². The molecule has 2 N–H and O–H groups in total. The molecule has 0 bridgehead atoms. The predicted octanol–water partition coefficient (Wildman–Crippen LogP) is 2.70. The molecule has 10 heteroatoms. The lowest BCUT2D eigenvalue weighted by Crippen LogP contribution is -2.25. The van der Waals surface area contributed by atoms with Crippen LogP contribution in [0, 0.1) is 0 Å². The molecule has 0 aliphatic heterocycles. The van der Waals surface area contributed by atoms with Crippen LogP contribution in [0.15, 0.2) is 56.7 Å². The average molecular weight is 461 g/mol. The van der Waals surface area contributed by atoms with Crippen molar-refractivity contribution in [3.63, 3.8) is 0 Å². The maximum absolute atomic E-state index is 12.5. The molecule has 0 saturated heterocycles. The topological polar surface area (TPSA) is 102 Å². The summed E-state index contributed by atoms with van der Waals surface area (Å²) in [4.78, 5) is 0.150.